The van der Waals surface area contributed by atoms with Crippen LogP contribution >= 0.6 is 0 Å². The van der Waals surface area contributed by atoms with Gasteiger partial charge < -0.3 is 25.6 Å². The van der Waals surface area contributed by atoms with E-state index in [1.807, 2.05) is 45.0 Å². The van der Waals surface area contributed by atoms with Crippen molar-refractivity contribution in [3.63, 3.8) is 0 Å². The molecule has 1 aliphatic rings. The van der Waals surface area contributed by atoms with Crippen LogP contribution in [0.25, 0.3) is 0 Å². The lowest BCUT2D eigenvalue weighted by Crippen LogP contribution is -2.48. The van der Waals surface area contributed by atoms with Gasteiger partial charge in [0.25, 0.3) is 0 Å². The second kappa shape index (κ2) is 13.2. The summed E-state index contributed by atoms with van der Waals surface area (Å²) in [7, 11) is 0. The summed E-state index contributed by atoms with van der Waals surface area (Å²) >= 11 is 0. The summed E-state index contributed by atoms with van der Waals surface area (Å²) in [5.41, 5.74) is 1.29. The largest absolute Gasteiger partial charge is 0.459 e. The van der Waals surface area contributed by atoms with E-state index in [0.717, 1.165) is 52.4 Å². The van der Waals surface area contributed by atoms with Gasteiger partial charge in [0, 0.05) is 58.0 Å². The van der Waals surface area contributed by atoms with E-state index in [4.69, 9.17) is 4.74 Å². The lowest BCUT2D eigenvalue weighted by molar-refractivity contribution is -0.153. The molecule has 8 nitrogen and oxygen atoms in total. The Kier molecular flexibility index (Phi) is 11.0. The third kappa shape index (κ3) is 10.5. The number of anilines is 1. The van der Waals surface area contributed by atoms with E-state index in [9.17, 15) is 9.59 Å². The summed E-state index contributed by atoms with van der Waals surface area (Å²) in [5, 5.41) is 10.2. The second-order valence-electron chi connectivity index (χ2n) is 10.9. The highest BCUT2D eigenvalue weighted by atomic mass is 16.6. The molecule has 1 aromatic carbocycles. The Hall–Kier alpha value is -2.00. The number of hydrogen-bond acceptors (Lipinski definition) is 7. The van der Waals surface area contributed by atoms with Gasteiger partial charge in [-0.2, -0.15) is 0 Å². The van der Waals surface area contributed by atoms with Crippen molar-refractivity contribution in [1.29, 1.82) is 0 Å². The summed E-state index contributed by atoms with van der Waals surface area (Å²) in [6.07, 6.45) is 0. The fourth-order valence-electron chi connectivity index (χ4n) is 3.72. The minimum absolute atomic E-state index is 0.00737. The first kappa shape index (κ1) is 28.2. The van der Waals surface area contributed by atoms with Crippen molar-refractivity contribution in [2.45, 2.75) is 52.6 Å². The molecule has 1 amide bonds. The molecule has 1 saturated heterocycles. The molecule has 0 aromatic heterocycles. The number of esters is 1. The van der Waals surface area contributed by atoms with E-state index in [1.165, 1.54) is 5.56 Å². The third-order valence-electron chi connectivity index (χ3n) is 5.58. The first-order valence-electron chi connectivity index (χ1n) is 12.4. The monoisotopic (exact) mass is 475 g/mol. The fourth-order valence-corrected chi connectivity index (χ4v) is 3.72. The van der Waals surface area contributed by atoms with Gasteiger partial charge in [-0.15, -0.1) is 0 Å². The third-order valence-corrected chi connectivity index (χ3v) is 5.58. The highest BCUT2D eigenvalue weighted by Gasteiger charge is 2.25. The fraction of sp³-hybridized carbons (Fsp3) is 0.692. The van der Waals surface area contributed by atoms with E-state index >= 15 is 0 Å². The van der Waals surface area contributed by atoms with Crippen LogP contribution in [-0.4, -0.2) is 87.8 Å². The highest BCUT2D eigenvalue weighted by Crippen LogP contribution is 2.25. The number of carbonyl (C=O) groups is 2. The van der Waals surface area contributed by atoms with E-state index in [1.54, 1.807) is 4.90 Å². The number of rotatable bonds is 5. The highest BCUT2D eigenvalue weighted by molar-refractivity contribution is 5.98. The molecule has 0 spiro atoms. The molecule has 8 heteroatoms. The van der Waals surface area contributed by atoms with Crippen LogP contribution in [0.1, 0.15) is 47.1 Å². The number of hydrogen-bond donors (Lipinski definition) is 3. The smallest absolute Gasteiger partial charge is 0.326 e. The number of nitrogens with one attached hydrogen (secondary N) is 3. The number of ether oxygens (including phenoxy) is 1. The van der Waals surface area contributed by atoms with E-state index in [-0.39, 0.29) is 24.4 Å². The predicted molar refractivity (Wildman–Crippen MR) is 138 cm³/mol. The summed E-state index contributed by atoms with van der Waals surface area (Å²) in [5.74, 6) is -0.520. The van der Waals surface area contributed by atoms with Crippen molar-refractivity contribution in [2.24, 2.45) is 0 Å². The molecular weight excluding hydrogens is 430 g/mol. The Labute approximate surface area is 205 Å². The van der Waals surface area contributed by atoms with E-state index < -0.39 is 11.6 Å². The van der Waals surface area contributed by atoms with Crippen LogP contribution in [0.3, 0.4) is 0 Å². The molecule has 1 aliphatic heterocycles. The first-order valence-corrected chi connectivity index (χ1v) is 12.4. The molecule has 34 heavy (non-hydrogen) atoms. The Morgan fingerprint density at radius 2 is 1.35 bits per heavy atom. The number of benzene rings is 1. The van der Waals surface area contributed by atoms with Crippen LogP contribution < -0.4 is 20.9 Å². The molecule has 3 N–H and O–H groups in total. The van der Waals surface area contributed by atoms with Crippen LogP contribution in [0.15, 0.2) is 24.3 Å². The Balaban J connectivity index is 2.16. The molecular formula is C26H45N5O3. The van der Waals surface area contributed by atoms with Crippen molar-refractivity contribution in [1.82, 2.24) is 20.9 Å². The van der Waals surface area contributed by atoms with Gasteiger partial charge >= 0.3 is 5.97 Å². The van der Waals surface area contributed by atoms with E-state index in [0.29, 0.717) is 5.69 Å². The van der Waals surface area contributed by atoms with Gasteiger partial charge in [0.2, 0.25) is 5.91 Å². The standard InChI is InChI=1S/C26H45N5O3/c1-25(2,3)21-7-9-22(10-8-21)31(20-24(33)34-26(4,5)6)23(32)19-30-17-15-28-13-11-27-12-14-29-16-18-30/h7-10,27-29H,11-20H2,1-6H3. The topological polar surface area (TPSA) is 85.9 Å². The van der Waals surface area contributed by atoms with Gasteiger partial charge in [0.15, 0.2) is 0 Å². The minimum atomic E-state index is -0.606. The number of carbonyl (C=O) groups excluding carboxylic acids is 2. The van der Waals surface area contributed by atoms with Crippen molar-refractivity contribution in [3.05, 3.63) is 29.8 Å². The maximum Gasteiger partial charge on any atom is 0.326 e. The van der Waals surface area contributed by atoms with E-state index in [2.05, 4.69) is 41.6 Å². The second-order valence-corrected chi connectivity index (χ2v) is 10.9. The maximum atomic E-state index is 13.5. The lowest BCUT2D eigenvalue weighted by atomic mass is 9.87. The molecule has 1 fully saturated rings. The summed E-state index contributed by atoms with van der Waals surface area (Å²) in [4.78, 5) is 29.9. The van der Waals surface area contributed by atoms with Crippen LogP contribution in [0.2, 0.25) is 0 Å². The quantitative estimate of drug-likeness (QED) is 0.560. The SMILES string of the molecule is CC(C)(C)OC(=O)CN(C(=O)CN1CCNCCNCCNCC1)c1ccc(C(C)(C)C)cc1. The molecule has 0 radical (unpaired) electrons. The molecule has 0 bridgehead atoms. The normalized spacial score (nSPS) is 17.4. The van der Waals surface area contributed by atoms with Crippen LogP contribution in [0.4, 0.5) is 5.69 Å². The molecule has 0 saturated carbocycles. The summed E-state index contributed by atoms with van der Waals surface area (Å²) in [6.45, 7) is 18.9. The zero-order valence-corrected chi connectivity index (χ0v) is 22.0. The Morgan fingerprint density at radius 1 is 0.853 bits per heavy atom. The average molecular weight is 476 g/mol. The van der Waals surface area contributed by atoms with Gasteiger partial charge in [-0.05, 0) is 43.9 Å². The average Bonchev–Trinajstić information content (AvgIpc) is 2.72. The molecule has 1 aromatic rings. The van der Waals surface area contributed by atoms with Gasteiger partial charge in [0.05, 0.1) is 6.54 Å². The molecule has 2 rings (SSSR count). The molecule has 0 aliphatic carbocycles. The molecule has 1 heterocycles. The number of nitrogens with zero attached hydrogens (tertiary/aromatic N) is 2. The van der Waals surface area contributed by atoms with Crippen LogP contribution in [0.5, 0.6) is 0 Å². The summed E-state index contributed by atoms with van der Waals surface area (Å²) < 4.78 is 5.53. The summed E-state index contributed by atoms with van der Waals surface area (Å²) in [6, 6.07) is 7.91. The zero-order chi connectivity index (χ0) is 25.2. The minimum Gasteiger partial charge on any atom is -0.459 e. The van der Waals surface area contributed by atoms with Gasteiger partial charge in [-0.25, -0.2) is 0 Å². The number of amides is 1. The van der Waals surface area contributed by atoms with Crippen molar-refractivity contribution in [3.8, 4) is 0 Å². The van der Waals surface area contributed by atoms with Crippen molar-refractivity contribution >= 4 is 17.6 Å². The molecule has 192 valence electrons. The zero-order valence-electron chi connectivity index (χ0n) is 22.0. The maximum absolute atomic E-state index is 13.5. The first-order chi connectivity index (χ1) is 16.0. The van der Waals surface area contributed by atoms with Gasteiger partial charge in [0.1, 0.15) is 12.1 Å². The lowest BCUT2D eigenvalue weighted by Gasteiger charge is -2.29. The van der Waals surface area contributed by atoms with Gasteiger partial charge in [-0.3, -0.25) is 14.5 Å². The molecule has 0 atom stereocenters. The van der Waals surface area contributed by atoms with Crippen molar-refractivity contribution < 1.29 is 14.3 Å². The van der Waals surface area contributed by atoms with Gasteiger partial charge in [-0.1, -0.05) is 32.9 Å². The van der Waals surface area contributed by atoms with Crippen LogP contribution in [-0.2, 0) is 19.7 Å². The Bertz CT molecular complexity index is 756. The van der Waals surface area contributed by atoms with Crippen LogP contribution in [0, 0.1) is 0 Å². The predicted octanol–water partition coefficient (Wildman–Crippen LogP) is 1.74. The van der Waals surface area contributed by atoms with Crippen molar-refractivity contribution in [2.75, 3.05) is 70.3 Å². The Morgan fingerprint density at radius 3 is 1.82 bits per heavy atom. The molecule has 0 unspecified atom stereocenters.